The minimum absolute atomic E-state index is 0.196. The summed E-state index contributed by atoms with van der Waals surface area (Å²) >= 11 is 0. The lowest BCUT2D eigenvalue weighted by atomic mass is 9.79. The summed E-state index contributed by atoms with van der Waals surface area (Å²) in [5, 5.41) is 0. The fourth-order valence-corrected chi connectivity index (χ4v) is 7.98. The van der Waals surface area contributed by atoms with Crippen LogP contribution in [0, 0.1) is 29.1 Å². The van der Waals surface area contributed by atoms with Gasteiger partial charge in [-0.05, 0) is 36.3 Å². The van der Waals surface area contributed by atoms with Crippen LogP contribution in [0.5, 0.6) is 0 Å². The number of fused-ring (bicyclic) bond motifs is 1. The minimum atomic E-state index is -1.24. The van der Waals surface area contributed by atoms with E-state index in [0.717, 1.165) is 0 Å². The van der Waals surface area contributed by atoms with Crippen molar-refractivity contribution in [3.8, 4) is 0 Å². The van der Waals surface area contributed by atoms with Crippen LogP contribution < -0.4 is 0 Å². The molecule has 0 aromatic rings. The zero-order valence-electron chi connectivity index (χ0n) is 25.5. The highest BCUT2D eigenvalue weighted by molar-refractivity contribution is 5.69. The summed E-state index contributed by atoms with van der Waals surface area (Å²) in [6, 6.07) is 0. The number of carbonyl (C=O) groups excluding carboxylic acids is 5. The van der Waals surface area contributed by atoms with Gasteiger partial charge in [-0.3, -0.25) is 24.0 Å². The van der Waals surface area contributed by atoms with Gasteiger partial charge in [0.25, 0.3) is 0 Å². The predicted octanol–water partition coefficient (Wildman–Crippen LogP) is 3.06. The Morgan fingerprint density at radius 3 is 1.71 bits per heavy atom. The fraction of sp³-hybridized carbons (Fsp3) is 0.767. The molecule has 11 heteroatoms. The van der Waals surface area contributed by atoms with E-state index in [1.807, 2.05) is 27.7 Å². The normalized spacial score (nSPS) is 42.0. The van der Waals surface area contributed by atoms with Crippen molar-refractivity contribution >= 4 is 29.8 Å². The Bertz CT molecular complexity index is 1170. The van der Waals surface area contributed by atoms with Gasteiger partial charge in [-0.1, -0.05) is 27.7 Å². The summed E-state index contributed by atoms with van der Waals surface area (Å²) in [5.41, 5.74) is -2.34. The van der Waals surface area contributed by atoms with Crippen molar-refractivity contribution in [3.63, 3.8) is 0 Å². The van der Waals surface area contributed by atoms with E-state index in [1.54, 1.807) is 13.0 Å². The van der Waals surface area contributed by atoms with Crippen LogP contribution in [0.2, 0.25) is 0 Å². The van der Waals surface area contributed by atoms with Crippen molar-refractivity contribution in [3.05, 3.63) is 11.6 Å². The van der Waals surface area contributed by atoms with E-state index in [0.29, 0.717) is 12.0 Å². The predicted molar refractivity (Wildman–Crippen MR) is 142 cm³/mol. The second-order valence-corrected chi connectivity index (χ2v) is 12.8. The first-order valence-electron chi connectivity index (χ1n) is 14.1. The van der Waals surface area contributed by atoms with E-state index in [9.17, 15) is 24.0 Å². The average Bonchev–Trinajstić information content (AvgIpc) is 3.60. The van der Waals surface area contributed by atoms with Crippen molar-refractivity contribution in [2.75, 3.05) is 0 Å². The van der Waals surface area contributed by atoms with Gasteiger partial charge in [-0.2, -0.15) is 0 Å². The average molecular weight is 579 g/mol. The number of ether oxygens (including phenoxy) is 6. The molecule has 0 aromatic carbocycles. The third kappa shape index (κ3) is 5.15. The fourth-order valence-electron chi connectivity index (χ4n) is 7.98. The van der Waals surface area contributed by atoms with E-state index in [-0.39, 0.29) is 17.8 Å². The molecule has 41 heavy (non-hydrogen) atoms. The largest absolute Gasteiger partial charge is 0.462 e. The van der Waals surface area contributed by atoms with Crippen molar-refractivity contribution in [2.24, 2.45) is 29.1 Å². The van der Waals surface area contributed by atoms with Crippen LogP contribution >= 0.6 is 0 Å². The third-order valence-electron chi connectivity index (χ3n) is 9.37. The molecule has 3 aliphatic carbocycles. The van der Waals surface area contributed by atoms with Gasteiger partial charge in [0.05, 0.1) is 0 Å². The summed E-state index contributed by atoms with van der Waals surface area (Å²) in [7, 11) is 0. The minimum Gasteiger partial charge on any atom is -0.462 e. The monoisotopic (exact) mass is 578 g/mol. The molecule has 228 valence electrons. The molecule has 0 spiro atoms. The van der Waals surface area contributed by atoms with Gasteiger partial charge in [0.1, 0.15) is 30.0 Å². The van der Waals surface area contributed by atoms with Gasteiger partial charge >= 0.3 is 29.8 Å². The highest BCUT2D eigenvalue weighted by Crippen LogP contribution is 2.70. The maximum absolute atomic E-state index is 12.5. The first kappa shape index (κ1) is 31.0. The molecule has 1 saturated heterocycles. The second-order valence-electron chi connectivity index (χ2n) is 12.8. The Morgan fingerprint density at radius 1 is 0.732 bits per heavy atom. The molecular formula is C30H42O11. The molecule has 0 radical (unpaired) electrons. The Morgan fingerprint density at radius 2 is 1.20 bits per heavy atom. The molecule has 11 nitrogen and oxygen atoms in total. The summed E-state index contributed by atoms with van der Waals surface area (Å²) in [6.45, 7) is 15.9. The number of epoxide rings is 1. The Kier molecular flexibility index (Phi) is 7.86. The first-order valence-corrected chi connectivity index (χ1v) is 14.1. The maximum atomic E-state index is 12.5. The standard InChI is InChI=1S/C30H42O11/c1-13-11-29-26(39-19(7)34)14(2)12-30(29,41-29)27(40-20(8)35)15(3)24(37-17(5)32)21-22(28(21,9)10)25(38-18(6)33)23(13)36-16(4)31/h11,14-15,21-27H,12H2,1-10H3. The van der Waals surface area contributed by atoms with Crippen LogP contribution in [-0.2, 0) is 52.4 Å². The van der Waals surface area contributed by atoms with Crippen LogP contribution in [0.15, 0.2) is 11.6 Å². The Labute approximate surface area is 240 Å². The first-order chi connectivity index (χ1) is 18.9. The van der Waals surface area contributed by atoms with Crippen molar-refractivity contribution < 1.29 is 52.4 Å². The lowest BCUT2D eigenvalue weighted by Gasteiger charge is -2.34. The van der Waals surface area contributed by atoms with E-state index in [2.05, 4.69) is 0 Å². The van der Waals surface area contributed by atoms with Gasteiger partial charge in [0, 0.05) is 52.4 Å². The number of esters is 5. The highest BCUT2D eigenvalue weighted by atomic mass is 16.7. The number of carbonyl (C=O) groups is 5. The molecule has 4 rings (SSSR count). The van der Waals surface area contributed by atoms with Crippen LogP contribution in [0.1, 0.15) is 75.7 Å². The summed E-state index contributed by atoms with van der Waals surface area (Å²) in [6.07, 6.45) is -2.17. The Balaban J connectivity index is 1.99. The number of hydrogen-bond acceptors (Lipinski definition) is 11. The van der Waals surface area contributed by atoms with Gasteiger partial charge < -0.3 is 28.4 Å². The quantitative estimate of drug-likeness (QED) is 0.205. The molecule has 0 aromatic heterocycles. The van der Waals surface area contributed by atoms with Crippen LogP contribution in [-0.4, -0.2) is 71.6 Å². The SMILES string of the molecule is CC(=O)OC1C(C)=CC23OC2(CC(C)C3OC(C)=O)C(OC(C)=O)C(C)C(OC(C)=O)C2C(C1OC(C)=O)C2(C)C. The van der Waals surface area contributed by atoms with Crippen molar-refractivity contribution in [1.29, 1.82) is 0 Å². The molecule has 0 bridgehead atoms. The van der Waals surface area contributed by atoms with Gasteiger partial charge in [0.2, 0.25) is 0 Å². The Hall–Kier alpha value is -2.95. The molecule has 1 aliphatic heterocycles. The van der Waals surface area contributed by atoms with Crippen LogP contribution in [0.25, 0.3) is 0 Å². The molecular weight excluding hydrogens is 536 g/mol. The van der Waals surface area contributed by atoms with Crippen LogP contribution in [0.4, 0.5) is 0 Å². The van der Waals surface area contributed by atoms with E-state index in [1.165, 1.54) is 34.6 Å². The van der Waals surface area contributed by atoms with Crippen molar-refractivity contribution in [2.45, 2.75) is 117 Å². The molecule has 0 amide bonds. The maximum Gasteiger partial charge on any atom is 0.303 e. The number of hydrogen-bond donors (Lipinski definition) is 0. The lowest BCUT2D eigenvalue weighted by Crippen LogP contribution is -2.48. The molecule has 2 saturated carbocycles. The van der Waals surface area contributed by atoms with Gasteiger partial charge in [0.15, 0.2) is 11.7 Å². The highest BCUT2D eigenvalue weighted by Gasteiger charge is 2.84. The summed E-state index contributed by atoms with van der Waals surface area (Å²) < 4.78 is 36.0. The molecule has 1 heterocycles. The topological polar surface area (TPSA) is 144 Å². The van der Waals surface area contributed by atoms with E-state index < -0.39 is 82.9 Å². The second kappa shape index (κ2) is 10.4. The summed E-state index contributed by atoms with van der Waals surface area (Å²) in [4.78, 5) is 62.0. The van der Waals surface area contributed by atoms with Gasteiger partial charge in [-0.15, -0.1) is 0 Å². The zero-order valence-corrected chi connectivity index (χ0v) is 25.5. The molecule has 4 aliphatic rings. The van der Waals surface area contributed by atoms with Crippen LogP contribution in [0.3, 0.4) is 0 Å². The molecule has 0 N–H and O–H groups in total. The molecule has 11 unspecified atom stereocenters. The molecule has 11 atom stereocenters. The summed E-state index contributed by atoms with van der Waals surface area (Å²) in [5.74, 6) is -4.19. The zero-order chi connectivity index (χ0) is 30.8. The van der Waals surface area contributed by atoms with Gasteiger partial charge in [-0.25, -0.2) is 0 Å². The lowest BCUT2D eigenvalue weighted by molar-refractivity contribution is -0.169. The smallest absolute Gasteiger partial charge is 0.303 e. The molecule has 3 fully saturated rings. The number of rotatable bonds is 5. The van der Waals surface area contributed by atoms with E-state index in [4.69, 9.17) is 28.4 Å². The third-order valence-corrected chi connectivity index (χ3v) is 9.37. The van der Waals surface area contributed by atoms with Crippen molar-refractivity contribution in [1.82, 2.24) is 0 Å². The van der Waals surface area contributed by atoms with E-state index >= 15 is 0 Å².